The fourth-order valence-electron chi connectivity index (χ4n) is 3.07. The minimum Gasteiger partial charge on any atom is -0.424 e. The summed E-state index contributed by atoms with van der Waals surface area (Å²) in [5.74, 6) is 0.321. The van der Waals surface area contributed by atoms with Gasteiger partial charge in [0.25, 0.3) is 0 Å². The van der Waals surface area contributed by atoms with Crippen LogP contribution >= 0.6 is 11.3 Å². The van der Waals surface area contributed by atoms with Crippen molar-refractivity contribution in [2.45, 2.75) is 25.9 Å². The van der Waals surface area contributed by atoms with Crippen LogP contribution in [0.2, 0.25) is 0 Å². The van der Waals surface area contributed by atoms with Crippen molar-refractivity contribution in [3.05, 3.63) is 63.5 Å². The van der Waals surface area contributed by atoms with Crippen LogP contribution in [0.1, 0.15) is 36.5 Å². The molecule has 1 atom stereocenters. The molecule has 0 saturated heterocycles. The molecule has 27 heavy (non-hydrogen) atoms. The number of unbranched alkanes of at least 4 members (excludes halogenated alkanes) is 1. The highest BCUT2D eigenvalue weighted by atomic mass is 32.1. The van der Waals surface area contributed by atoms with E-state index in [1.807, 2.05) is 24.3 Å². The minimum absolute atomic E-state index is 0.321. The topological polar surface area (TPSA) is 53.7 Å². The van der Waals surface area contributed by atoms with Crippen LogP contribution in [-0.2, 0) is 0 Å². The normalized spacial score (nSPS) is 13.1. The van der Waals surface area contributed by atoms with Crippen LogP contribution in [0.3, 0.4) is 0 Å². The van der Waals surface area contributed by atoms with Crippen molar-refractivity contribution < 1.29 is 9.52 Å². The first kappa shape index (κ1) is 19.5. The highest BCUT2D eigenvalue weighted by Gasteiger charge is 2.19. The molecule has 0 amide bonds. The summed E-state index contributed by atoms with van der Waals surface area (Å²) in [6.07, 6.45) is 5.63. The molecule has 0 aliphatic heterocycles. The molecule has 1 aromatic carbocycles. The lowest BCUT2D eigenvalue weighted by Crippen LogP contribution is -2.12. The number of rotatable bonds is 7. The minimum atomic E-state index is -0.857. The summed E-state index contributed by atoms with van der Waals surface area (Å²) in [5.41, 5.74) is 0.389. The van der Waals surface area contributed by atoms with Crippen LogP contribution in [-0.4, -0.2) is 30.6 Å². The number of allylic oxidation sites excluding steroid dienone is 1. The Morgan fingerprint density at radius 2 is 1.93 bits per heavy atom. The summed E-state index contributed by atoms with van der Waals surface area (Å²) in [6.45, 7) is 2.70. The van der Waals surface area contributed by atoms with Gasteiger partial charge in [-0.1, -0.05) is 24.3 Å². The lowest BCUT2D eigenvalue weighted by molar-refractivity contribution is 0.166. The highest BCUT2D eigenvalue weighted by molar-refractivity contribution is 7.16. The standard InChI is InChI=1S/C22H25NO3S/c1-15(24)21-20(17-10-6-7-11-18(17)22(25)26-21)19-13-12-16(27-19)9-5-4-8-14-23(2)3/h5-7,9-13,15,24H,4,8,14H2,1-3H3/b9-5+. The number of benzene rings is 1. The van der Waals surface area contributed by atoms with Crippen LogP contribution in [0.5, 0.6) is 0 Å². The number of nitrogens with zero attached hydrogens (tertiary/aromatic N) is 1. The van der Waals surface area contributed by atoms with Gasteiger partial charge < -0.3 is 14.4 Å². The molecule has 0 aliphatic carbocycles. The fraction of sp³-hybridized carbons (Fsp3) is 0.318. The van der Waals surface area contributed by atoms with E-state index in [0.717, 1.165) is 40.1 Å². The van der Waals surface area contributed by atoms with Gasteiger partial charge in [-0.25, -0.2) is 4.79 Å². The smallest absolute Gasteiger partial charge is 0.343 e. The first-order valence-corrected chi connectivity index (χ1v) is 9.94. The van der Waals surface area contributed by atoms with Gasteiger partial charge in [-0.3, -0.25) is 0 Å². The van der Waals surface area contributed by atoms with E-state index in [2.05, 4.69) is 37.2 Å². The molecule has 0 spiro atoms. The molecule has 5 heteroatoms. The van der Waals surface area contributed by atoms with Crippen molar-refractivity contribution in [3.63, 3.8) is 0 Å². The summed E-state index contributed by atoms with van der Waals surface area (Å²) in [7, 11) is 4.16. The van der Waals surface area contributed by atoms with Gasteiger partial charge in [0.1, 0.15) is 11.9 Å². The Kier molecular flexibility index (Phi) is 6.26. The van der Waals surface area contributed by atoms with E-state index in [-0.39, 0.29) is 0 Å². The SMILES string of the molecule is CC(O)c1oc(=O)c2ccccc2c1-c1ccc(/C=C/CCCN(C)C)s1. The van der Waals surface area contributed by atoms with Gasteiger partial charge in [-0.2, -0.15) is 0 Å². The summed E-state index contributed by atoms with van der Waals surface area (Å²) < 4.78 is 5.46. The Morgan fingerprint density at radius 1 is 1.19 bits per heavy atom. The van der Waals surface area contributed by atoms with Crippen molar-refractivity contribution in [2.24, 2.45) is 0 Å². The van der Waals surface area contributed by atoms with Crippen LogP contribution in [0, 0.1) is 0 Å². The second kappa shape index (κ2) is 8.65. The lowest BCUT2D eigenvalue weighted by Gasteiger charge is -2.11. The van der Waals surface area contributed by atoms with E-state index >= 15 is 0 Å². The van der Waals surface area contributed by atoms with Gasteiger partial charge in [0.2, 0.25) is 0 Å². The van der Waals surface area contributed by atoms with Crippen molar-refractivity contribution >= 4 is 28.2 Å². The number of fused-ring (bicyclic) bond motifs is 1. The molecule has 3 aromatic rings. The molecular weight excluding hydrogens is 358 g/mol. The molecule has 0 radical (unpaired) electrons. The lowest BCUT2D eigenvalue weighted by atomic mass is 10.0. The molecule has 0 bridgehead atoms. The van der Waals surface area contributed by atoms with Gasteiger partial charge in [0, 0.05) is 20.7 Å². The second-order valence-electron chi connectivity index (χ2n) is 6.90. The van der Waals surface area contributed by atoms with E-state index in [0.29, 0.717) is 11.1 Å². The van der Waals surface area contributed by atoms with Gasteiger partial charge in [0.15, 0.2) is 0 Å². The Labute approximate surface area is 163 Å². The second-order valence-corrected chi connectivity index (χ2v) is 8.02. The Hall–Kier alpha value is -2.21. The summed E-state index contributed by atoms with van der Waals surface area (Å²) in [6, 6.07) is 11.5. The third-order valence-corrected chi connectivity index (χ3v) is 5.44. The fourth-order valence-corrected chi connectivity index (χ4v) is 4.07. The number of thiophene rings is 1. The predicted octanol–water partition coefficient (Wildman–Crippen LogP) is 4.93. The summed E-state index contributed by atoms with van der Waals surface area (Å²) in [5, 5.41) is 11.5. The quantitative estimate of drug-likeness (QED) is 0.588. The van der Waals surface area contributed by atoms with E-state index in [1.165, 1.54) is 0 Å². The first-order valence-electron chi connectivity index (χ1n) is 9.12. The maximum atomic E-state index is 12.3. The van der Waals surface area contributed by atoms with Crippen molar-refractivity contribution in [1.82, 2.24) is 4.90 Å². The molecule has 1 N–H and O–H groups in total. The molecule has 0 saturated carbocycles. The molecule has 4 nitrogen and oxygen atoms in total. The van der Waals surface area contributed by atoms with E-state index in [9.17, 15) is 9.90 Å². The molecule has 1 unspecified atom stereocenters. The number of aliphatic hydroxyl groups is 1. The molecule has 0 fully saturated rings. The summed E-state index contributed by atoms with van der Waals surface area (Å²) >= 11 is 1.63. The maximum Gasteiger partial charge on any atom is 0.343 e. The first-order chi connectivity index (χ1) is 13.0. The molecule has 3 rings (SSSR count). The molecule has 142 valence electrons. The van der Waals surface area contributed by atoms with E-state index in [1.54, 1.807) is 24.3 Å². The maximum absolute atomic E-state index is 12.3. The van der Waals surface area contributed by atoms with Crippen LogP contribution < -0.4 is 5.63 Å². The Morgan fingerprint density at radius 3 is 2.63 bits per heavy atom. The zero-order chi connectivity index (χ0) is 19.4. The average Bonchev–Trinajstić information content (AvgIpc) is 3.09. The van der Waals surface area contributed by atoms with Crippen molar-refractivity contribution in [2.75, 3.05) is 20.6 Å². The third-order valence-electron chi connectivity index (χ3n) is 4.38. The zero-order valence-corrected chi connectivity index (χ0v) is 16.8. The largest absolute Gasteiger partial charge is 0.424 e. The highest BCUT2D eigenvalue weighted by Crippen LogP contribution is 2.38. The van der Waals surface area contributed by atoms with Gasteiger partial charge in [-0.05, 0) is 64.7 Å². The van der Waals surface area contributed by atoms with E-state index in [4.69, 9.17) is 4.42 Å². The number of aliphatic hydroxyl groups excluding tert-OH is 1. The number of hydrogen-bond donors (Lipinski definition) is 1. The zero-order valence-electron chi connectivity index (χ0n) is 15.9. The van der Waals surface area contributed by atoms with Crippen molar-refractivity contribution in [1.29, 1.82) is 0 Å². The van der Waals surface area contributed by atoms with Gasteiger partial charge in [0.05, 0.1) is 5.39 Å². The van der Waals surface area contributed by atoms with Crippen molar-refractivity contribution in [3.8, 4) is 10.4 Å². The Balaban J connectivity index is 1.95. The molecular formula is C22H25NO3S. The van der Waals surface area contributed by atoms with Crippen LogP contribution in [0.25, 0.3) is 27.3 Å². The summed E-state index contributed by atoms with van der Waals surface area (Å²) in [4.78, 5) is 16.6. The average molecular weight is 384 g/mol. The van der Waals surface area contributed by atoms with Gasteiger partial charge in [-0.15, -0.1) is 11.3 Å². The van der Waals surface area contributed by atoms with Crippen LogP contribution in [0.4, 0.5) is 0 Å². The van der Waals surface area contributed by atoms with E-state index < -0.39 is 11.7 Å². The molecule has 0 aliphatic rings. The molecule has 2 heterocycles. The van der Waals surface area contributed by atoms with Crippen LogP contribution in [0.15, 0.2) is 51.7 Å². The Bertz CT molecular complexity index is 998. The predicted molar refractivity (Wildman–Crippen MR) is 113 cm³/mol. The van der Waals surface area contributed by atoms with Gasteiger partial charge >= 0.3 is 5.63 Å². The molecule has 2 aromatic heterocycles. The monoisotopic (exact) mass is 383 g/mol. The number of hydrogen-bond acceptors (Lipinski definition) is 5. The third kappa shape index (κ3) is 4.56.